The third-order valence-corrected chi connectivity index (χ3v) is 1.42. The van der Waals surface area contributed by atoms with Gasteiger partial charge >= 0.3 is 5.97 Å². The van der Waals surface area contributed by atoms with E-state index in [0.29, 0.717) is 6.42 Å². The highest BCUT2D eigenvalue weighted by Gasteiger charge is 2.10. The quantitative estimate of drug-likeness (QED) is 0.480. The van der Waals surface area contributed by atoms with Gasteiger partial charge in [0.15, 0.2) is 0 Å². The van der Waals surface area contributed by atoms with Gasteiger partial charge in [0.25, 0.3) is 0 Å². The molecule has 0 aliphatic heterocycles. The average Bonchev–Trinajstić information content (AvgIpc) is 2.03. The fraction of sp³-hybridized carbons (Fsp3) is 0.714. The minimum absolute atomic E-state index is 0.162. The summed E-state index contributed by atoms with van der Waals surface area (Å²) in [5.41, 5.74) is 0. The van der Waals surface area contributed by atoms with E-state index in [2.05, 4.69) is 0 Å². The van der Waals surface area contributed by atoms with Crippen LogP contribution in [-0.4, -0.2) is 18.0 Å². The first-order chi connectivity index (χ1) is 5.24. The van der Waals surface area contributed by atoms with Crippen LogP contribution in [0.1, 0.15) is 19.8 Å². The van der Waals surface area contributed by atoms with Gasteiger partial charge in [0.1, 0.15) is 6.10 Å². The maximum absolute atomic E-state index is 10.7. The summed E-state index contributed by atoms with van der Waals surface area (Å²) >= 11 is 5.42. The van der Waals surface area contributed by atoms with Crippen molar-refractivity contribution in [2.75, 3.05) is 5.88 Å². The molecule has 0 spiro atoms. The second kappa shape index (κ2) is 5.99. The van der Waals surface area contributed by atoms with Crippen molar-refractivity contribution in [3.05, 3.63) is 0 Å². The monoisotopic (exact) mass is 175 g/mol. The summed E-state index contributed by atoms with van der Waals surface area (Å²) in [4.78, 5) is 10.7. The van der Waals surface area contributed by atoms with Crippen LogP contribution in [0.3, 0.4) is 0 Å². The maximum Gasteiger partial charge on any atom is 0.305 e. The van der Waals surface area contributed by atoms with Gasteiger partial charge in [-0.3, -0.25) is 4.79 Å². The van der Waals surface area contributed by atoms with Gasteiger partial charge in [-0.15, -0.1) is 11.6 Å². The Labute approximate surface area is 70.9 Å². The van der Waals surface area contributed by atoms with Gasteiger partial charge in [0, 0.05) is 6.42 Å². The zero-order valence-corrected chi connectivity index (χ0v) is 7.10. The van der Waals surface area contributed by atoms with E-state index in [1.54, 1.807) is 6.92 Å². The number of alkyl halides is 1. The third-order valence-electron chi connectivity index (χ3n) is 1.08. The number of nitriles is 1. The molecule has 0 aromatic rings. The Balaban J connectivity index is 3.70. The lowest BCUT2D eigenvalue weighted by Gasteiger charge is -2.10. The van der Waals surface area contributed by atoms with Crippen LogP contribution < -0.4 is 0 Å². The Morgan fingerprint density at radius 1 is 1.82 bits per heavy atom. The molecule has 0 N–H and O–H groups in total. The fourth-order valence-corrected chi connectivity index (χ4v) is 0.671. The van der Waals surface area contributed by atoms with E-state index in [0.717, 1.165) is 0 Å². The highest BCUT2D eigenvalue weighted by atomic mass is 35.5. The molecular weight excluding hydrogens is 166 g/mol. The largest absolute Gasteiger partial charge is 0.460 e. The molecule has 62 valence electrons. The highest BCUT2D eigenvalue weighted by Crippen LogP contribution is 2.01. The lowest BCUT2D eigenvalue weighted by molar-refractivity contribution is -0.147. The number of esters is 1. The van der Waals surface area contributed by atoms with E-state index >= 15 is 0 Å². The predicted molar refractivity (Wildman–Crippen MR) is 41.1 cm³/mol. The summed E-state index contributed by atoms with van der Waals surface area (Å²) < 4.78 is 4.80. The molecule has 3 nitrogen and oxygen atoms in total. The van der Waals surface area contributed by atoms with Crippen LogP contribution >= 0.6 is 11.6 Å². The number of rotatable bonds is 4. The molecule has 1 unspecified atom stereocenters. The zero-order valence-electron chi connectivity index (χ0n) is 6.34. The number of nitrogens with zero attached hydrogens (tertiary/aromatic N) is 1. The molecular formula is C7H10ClNO2. The van der Waals surface area contributed by atoms with Crippen molar-refractivity contribution in [2.45, 2.75) is 25.9 Å². The maximum atomic E-state index is 10.7. The molecule has 0 saturated carbocycles. The summed E-state index contributed by atoms with van der Waals surface area (Å²) in [7, 11) is 0. The molecule has 4 heteroatoms. The molecule has 0 aliphatic carbocycles. The van der Waals surface area contributed by atoms with Gasteiger partial charge in [-0.05, 0) is 0 Å². The molecule has 0 bridgehead atoms. The van der Waals surface area contributed by atoms with Gasteiger partial charge in [-0.25, -0.2) is 0 Å². The van der Waals surface area contributed by atoms with Crippen molar-refractivity contribution in [2.24, 2.45) is 0 Å². The minimum atomic E-state index is -0.450. The van der Waals surface area contributed by atoms with Gasteiger partial charge in [-0.1, -0.05) is 6.92 Å². The van der Waals surface area contributed by atoms with Crippen LogP contribution in [0.2, 0.25) is 0 Å². The normalized spacial score (nSPS) is 11.7. The third kappa shape index (κ3) is 4.63. The lowest BCUT2D eigenvalue weighted by Crippen LogP contribution is -2.18. The Morgan fingerprint density at radius 3 is 2.82 bits per heavy atom. The standard InChI is InChI=1S/C7H10ClNO2/c1-2-7(10)11-6(5-8)3-4-9/h6H,2-3,5H2,1H3. The van der Waals surface area contributed by atoms with E-state index < -0.39 is 6.10 Å². The van der Waals surface area contributed by atoms with E-state index in [-0.39, 0.29) is 18.3 Å². The summed E-state index contributed by atoms with van der Waals surface area (Å²) in [6.07, 6.45) is 0.0303. The zero-order chi connectivity index (χ0) is 8.69. The molecule has 0 aromatic heterocycles. The molecule has 1 atom stereocenters. The van der Waals surface area contributed by atoms with E-state index in [1.165, 1.54) is 0 Å². The molecule has 11 heavy (non-hydrogen) atoms. The fourth-order valence-electron chi connectivity index (χ4n) is 0.499. The summed E-state index contributed by atoms with van der Waals surface area (Å²) in [5.74, 6) is -0.134. The predicted octanol–water partition coefficient (Wildman–Crippen LogP) is 1.46. The molecule has 0 radical (unpaired) electrons. The van der Waals surface area contributed by atoms with E-state index in [1.807, 2.05) is 6.07 Å². The molecule has 0 rings (SSSR count). The molecule has 0 aliphatic rings. The average molecular weight is 176 g/mol. The summed E-state index contributed by atoms with van der Waals surface area (Å²) in [6.45, 7) is 1.69. The van der Waals surface area contributed by atoms with E-state index in [9.17, 15) is 4.79 Å². The minimum Gasteiger partial charge on any atom is -0.460 e. The number of carbonyl (C=O) groups is 1. The first kappa shape index (κ1) is 10.2. The molecule has 0 fully saturated rings. The molecule has 0 aromatic carbocycles. The van der Waals surface area contributed by atoms with Crippen LogP contribution in [0.5, 0.6) is 0 Å². The Bertz CT molecular complexity index is 164. The van der Waals surface area contributed by atoms with Crippen molar-refractivity contribution in [3.63, 3.8) is 0 Å². The molecule has 0 saturated heterocycles. The molecule has 0 amide bonds. The number of carbonyl (C=O) groups excluding carboxylic acids is 1. The van der Waals surface area contributed by atoms with Crippen LogP contribution in [0.4, 0.5) is 0 Å². The van der Waals surface area contributed by atoms with Crippen LogP contribution in [0, 0.1) is 11.3 Å². The lowest BCUT2D eigenvalue weighted by atomic mass is 10.3. The van der Waals surface area contributed by atoms with Gasteiger partial charge in [-0.2, -0.15) is 5.26 Å². The summed E-state index contributed by atoms with van der Waals surface area (Å²) in [5, 5.41) is 8.25. The van der Waals surface area contributed by atoms with Gasteiger partial charge in [0.05, 0.1) is 18.4 Å². The van der Waals surface area contributed by atoms with E-state index in [4.69, 9.17) is 21.6 Å². The van der Waals surface area contributed by atoms with Gasteiger partial charge < -0.3 is 4.74 Å². The smallest absolute Gasteiger partial charge is 0.305 e. The SMILES string of the molecule is CCC(=O)OC(CCl)CC#N. The number of halogens is 1. The Hall–Kier alpha value is -0.750. The second-order valence-corrected chi connectivity index (χ2v) is 2.29. The first-order valence-corrected chi connectivity index (χ1v) is 3.90. The Morgan fingerprint density at radius 2 is 2.45 bits per heavy atom. The van der Waals surface area contributed by atoms with Crippen LogP contribution in [0.25, 0.3) is 0 Å². The van der Waals surface area contributed by atoms with Crippen molar-refractivity contribution in [3.8, 4) is 6.07 Å². The number of ether oxygens (including phenoxy) is 1. The van der Waals surface area contributed by atoms with Crippen LogP contribution in [0.15, 0.2) is 0 Å². The topological polar surface area (TPSA) is 50.1 Å². The molecule has 0 heterocycles. The van der Waals surface area contributed by atoms with Crippen LogP contribution in [-0.2, 0) is 9.53 Å². The van der Waals surface area contributed by atoms with Crippen molar-refractivity contribution < 1.29 is 9.53 Å². The Kier molecular flexibility index (Phi) is 5.58. The highest BCUT2D eigenvalue weighted by molar-refractivity contribution is 6.18. The first-order valence-electron chi connectivity index (χ1n) is 3.37. The van der Waals surface area contributed by atoms with Crippen molar-refractivity contribution in [1.29, 1.82) is 5.26 Å². The number of hydrogen-bond donors (Lipinski definition) is 0. The number of hydrogen-bond acceptors (Lipinski definition) is 3. The summed E-state index contributed by atoms with van der Waals surface area (Å²) in [6, 6.07) is 1.89. The van der Waals surface area contributed by atoms with Gasteiger partial charge in [0.2, 0.25) is 0 Å². The second-order valence-electron chi connectivity index (χ2n) is 1.98. The van der Waals surface area contributed by atoms with Crippen molar-refractivity contribution in [1.82, 2.24) is 0 Å². The van der Waals surface area contributed by atoms with Crippen molar-refractivity contribution >= 4 is 17.6 Å².